The molecule has 0 radical (unpaired) electrons. The lowest BCUT2D eigenvalue weighted by Crippen LogP contribution is -2.28. The van der Waals surface area contributed by atoms with Crippen LogP contribution >= 0.6 is 11.8 Å². The Hall–Kier alpha value is -0.220. The van der Waals surface area contributed by atoms with E-state index in [1.54, 1.807) is 11.8 Å². The van der Waals surface area contributed by atoms with Gasteiger partial charge < -0.3 is 11.1 Å². The summed E-state index contributed by atoms with van der Waals surface area (Å²) in [7, 11) is 0. The number of thioether (sulfide) groups is 1. The van der Waals surface area contributed by atoms with Gasteiger partial charge in [-0.05, 0) is 19.8 Å². The van der Waals surface area contributed by atoms with E-state index in [9.17, 15) is 4.79 Å². The topological polar surface area (TPSA) is 55.1 Å². The van der Waals surface area contributed by atoms with Gasteiger partial charge in [-0.3, -0.25) is 4.79 Å². The molecule has 0 aromatic rings. The molecule has 1 saturated carbocycles. The molecule has 3 N–H and O–H groups in total. The number of hydrogen-bond acceptors (Lipinski definition) is 3. The first-order valence-electron chi connectivity index (χ1n) is 4.31. The number of hydrogen-bond donors (Lipinski definition) is 2. The molecule has 0 aromatic heterocycles. The third-order valence-corrected chi connectivity index (χ3v) is 2.78. The Morgan fingerprint density at radius 3 is 2.92 bits per heavy atom. The number of carbonyl (C=O) groups is 1. The molecule has 3 nitrogen and oxygen atoms in total. The fraction of sp³-hybridized carbons (Fsp3) is 0.875. The van der Waals surface area contributed by atoms with Crippen LogP contribution in [0.1, 0.15) is 19.8 Å². The Bertz CT molecular complexity index is 157. The predicted molar refractivity (Wildman–Crippen MR) is 52.1 cm³/mol. The molecule has 0 saturated heterocycles. The minimum Gasteiger partial charge on any atom is -0.353 e. The van der Waals surface area contributed by atoms with Crippen LogP contribution in [0.5, 0.6) is 0 Å². The molecule has 0 bridgehead atoms. The van der Waals surface area contributed by atoms with Crippen molar-refractivity contribution in [1.82, 2.24) is 5.32 Å². The third kappa shape index (κ3) is 4.62. The maximum Gasteiger partial charge on any atom is 0.230 e. The SMILES string of the molecule is CC(N)CSCC(=O)NC1CC1. The Morgan fingerprint density at radius 2 is 2.42 bits per heavy atom. The van der Waals surface area contributed by atoms with Crippen molar-refractivity contribution < 1.29 is 4.79 Å². The molecular formula is C8H16N2OS. The van der Waals surface area contributed by atoms with Gasteiger partial charge in [-0.2, -0.15) is 11.8 Å². The van der Waals surface area contributed by atoms with Crippen molar-refractivity contribution in [2.45, 2.75) is 31.8 Å². The third-order valence-electron chi connectivity index (χ3n) is 1.56. The summed E-state index contributed by atoms with van der Waals surface area (Å²) in [5.74, 6) is 1.57. The Labute approximate surface area is 77.5 Å². The molecule has 12 heavy (non-hydrogen) atoms. The average molecular weight is 188 g/mol. The molecule has 1 atom stereocenters. The summed E-state index contributed by atoms with van der Waals surface area (Å²) in [6.45, 7) is 1.95. The summed E-state index contributed by atoms with van der Waals surface area (Å²) in [6.07, 6.45) is 2.31. The molecule has 0 spiro atoms. The van der Waals surface area contributed by atoms with Gasteiger partial charge in [-0.15, -0.1) is 0 Å². The Balaban J connectivity index is 1.94. The van der Waals surface area contributed by atoms with E-state index >= 15 is 0 Å². The van der Waals surface area contributed by atoms with Crippen molar-refractivity contribution in [1.29, 1.82) is 0 Å². The smallest absolute Gasteiger partial charge is 0.230 e. The predicted octanol–water partition coefficient (Wildman–Crippen LogP) is 0.345. The monoisotopic (exact) mass is 188 g/mol. The minimum atomic E-state index is 0.156. The highest BCUT2D eigenvalue weighted by atomic mass is 32.2. The van der Waals surface area contributed by atoms with Gasteiger partial charge in [0.05, 0.1) is 5.75 Å². The summed E-state index contributed by atoms with van der Waals surface area (Å²) in [4.78, 5) is 11.1. The van der Waals surface area contributed by atoms with Gasteiger partial charge in [0.1, 0.15) is 0 Å². The van der Waals surface area contributed by atoms with E-state index in [0.29, 0.717) is 11.8 Å². The molecule has 1 unspecified atom stereocenters. The van der Waals surface area contributed by atoms with Crippen LogP contribution < -0.4 is 11.1 Å². The van der Waals surface area contributed by atoms with E-state index in [-0.39, 0.29) is 11.9 Å². The van der Waals surface area contributed by atoms with Crippen LogP contribution in [-0.4, -0.2) is 29.5 Å². The molecule has 0 heterocycles. The number of amides is 1. The number of nitrogens with two attached hydrogens (primary N) is 1. The molecule has 1 aliphatic rings. The second-order valence-corrected chi connectivity index (χ2v) is 4.36. The first-order chi connectivity index (χ1) is 5.68. The van der Waals surface area contributed by atoms with Crippen molar-refractivity contribution in [3.63, 3.8) is 0 Å². The molecule has 1 fully saturated rings. The van der Waals surface area contributed by atoms with Crippen molar-refractivity contribution in [3.05, 3.63) is 0 Å². The van der Waals surface area contributed by atoms with E-state index in [4.69, 9.17) is 5.73 Å². The first kappa shape index (κ1) is 9.86. The molecule has 0 aliphatic heterocycles. The zero-order chi connectivity index (χ0) is 8.97. The second-order valence-electron chi connectivity index (χ2n) is 3.33. The number of carbonyl (C=O) groups excluding carboxylic acids is 1. The molecule has 1 rings (SSSR count). The normalized spacial score (nSPS) is 18.8. The molecule has 0 aromatic carbocycles. The lowest BCUT2D eigenvalue weighted by Gasteiger charge is -2.04. The van der Waals surface area contributed by atoms with Crippen molar-refractivity contribution in [2.75, 3.05) is 11.5 Å². The fourth-order valence-corrected chi connectivity index (χ4v) is 1.59. The van der Waals surface area contributed by atoms with E-state index in [0.717, 1.165) is 18.6 Å². The van der Waals surface area contributed by atoms with Crippen molar-refractivity contribution in [2.24, 2.45) is 5.73 Å². The average Bonchev–Trinajstić information content (AvgIpc) is 2.70. The highest BCUT2D eigenvalue weighted by molar-refractivity contribution is 7.99. The quantitative estimate of drug-likeness (QED) is 0.654. The van der Waals surface area contributed by atoms with Crippen LogP contribution in [-0.2, 0) is 4.79 Å². The van der Waals surface area contributed by atoms with E-state index < -0.39 is 0 Å². The van der Waals surface area contributed by atoms with Gasteiger partial charge >= 0.3 is 0 Å². The van der Waals surface area contributed by atoms with Crippen LogP contribution in [0.25, 0.3) is 0 Å². The Kier molecular flexibility index (Phi) is 3.88. The van der Waals surface area contributed by atoms with E-state index in [1.807, 2.05) is 6.92 Å². The van der Waals surface area contributed by atoms with Gasteiger partial charge in [0.25, 0.3) is 0 Å². The maximum atomic E-state index is 11.1. The summed E-state index contributed by atoms with van der Waals surface area (Å²) >= 11 is 1.60. The van der Waals surface area contributed by atoms with Crippen LogP contribution in [0.15, 0.2) is 0 Å². The largest absolute Gasteiger partial charge is 0.353 e. The molecule has 1 amide bonds. The summed E-state index contributed by atoms with van der Waals surface area (Å²) in [5, 5.41) is 2.93. The van der Waals surface area contributed by atoms with Crippen molar-refractivity contribution in [3.8, 4) is 0 Å². The highest BCUT2D eigenvalue weighted by Gasteiger charge is 2.22. The maximum absolute atomic E-state index is 11.1. The molecule has 70 valence electrons. The van der Waals surface area contributed by atoms with Crippen LogP contribution in [0.4, 0.5) is 0 Å². The second kappa shape index (κ2) is 4.72. The molecule has 1 aliphatic carbocycles. The molecule has 4 heteroatoms. The number of nitrogens with one attached hydrogen (secondary N) is 1. The highest BCUT2D eigenvalue weighted by Crippen LogP contribution is 2.18. The van der Waals surface area contributed by atoms with E-state index in [2.05, 4.69) is 5.32 Å². The zero-order valence-corrected chi connectivity index (χ0v) is 8.19. The first-order valence-corrected chi connectivity index (χ1v) is 5.46. The van der Waals surface area contributed by atoms with Crippen LogP contribution in [0.2, 0.25) is 0 Å². The van der Waals surface area contributed by atoms with Crippen LogP contribution in [0.3, 0.4) is 0 Å². The molecular weight excluding hydrogens is 172 g/mol. The summed E-state index contributed by atoms with van der Waals surface area (Å²) < 4.78 is 0. The lowest BCUT2D eigenvalue weighted by atomic mass is 10.4. The van der Waals surface area contributed by atoms with Crippen LogP contribution in [0, 0.1) is 0 Å². The van der Waals surface area contributed by atoms with Gasteiger partial charge in [0.15, 0.2) is 0 Å². The summed E-state index contributed by atoms with van der Waals surface area (Å²) in [5.41, 5.74) is 5.54. The number of rotatable bonds is 5. The lowest BCUT2D eigenvalue weighted by molar-refractivity contribution is -0.118. The van der Waals surface area contributed by atoms with E-state index in [1.165, 1.54) is 0 Å². The minimum absolute atomic E-state index is 0.156. The fourth-order valence-electron chi connectivity index (χ4n) is 0.835. The van der Waals surface area contributed by atoms with Gasteiger partial charge in [0.2, 0.25) is 5.91 Å². The zero-order valence-electron chi connectivity index (χ0n) is 7.38. The van der Waals surface area contributed by atoms with Gasteiger partial charge in [-0.1, -0.05) is 0 Å². The van der Waals surface area contributed by atoms with Gasteiger partial charge in [0, 0.05) is 17.8 Å². The summed E-state index contributed by atoms with van der Waals surface area (Å²) in [6, 6.07) is 0.664. The van der Waals surface area contributed by atoms with Crippen molar-refractivity contribution >= 4 is 17.7 Å². The standard InChI is InChI=1S/C8H16N2OS/c1-6(9)4-12-5-8(11)10-7-2-3-7/h6-7H,2-5,9H2,1H3,(H,10,11). The van der Waals surface area contributed by atoms with Gasteiger partial charge in [-0.25, -0.2) is 0 Å². The Morgan fingerprint density at radius 1 is 1.75 bits per heavy atom.